The molecule has 2 amide bonds. The first-order valence-corrected chi connectivity index (χ1v) is 15.2. The Balaban J connectivity index is 1.74. The van der Waals surface area contributed by atoms with Crippen molar-refractivity contribution in [3.05, 3.63) is 77.7 Å². The number of rotatable bonds is 7. The van der Waals surface area contributed by atoms with Crippen molar-refractivity contribution in [3.63, 3.8) is 0 Å². The number of ether oxygens (including phenoxy) is 3. The number of methoxy groups -OCH3 is 1. The van der Waals surface area contributed by atoms with Crippen molar-refractivity contribution < 1.29 is 28.0 Å². The Morgan fingerprint density at radius 2 is 1.86 bits per heavy atom. The molecule has 1 N–H and O–H groups in total. The van der Waals surface area contributed by atoms with Gasteiger partial charge in [-0.1, -0.05) is 6.07 Å². The zero-order valence-corrected chi connectivity index (χ0v) is 26.2. The predicted octanol–water partition coefficient (Wildman–Crippen LogP) is 6.11. The highest BCUT2D eigenvalue weighted by molar-refractivity contribution is 7.93. The van der Waals surface area contributed by atoms with Gasteiger partial charge in [-0.15, -0.1) is 4.36 Å². The molecule has 2 aromatic carbocycles. The molecule has 0 aliphatic rings. The molecule has 0 aliphatic heterocycles. The standard InChI is InChI=1S/C31H32N6O6S/c1-19-24(21-16-34-37(5)18-21)17-33-29(42-25-12-11-20(15-32)13-26(25)41-6)27(19)28(38)35-22-9-8-10-23(14-22)44(7,40)36-30(39)43-31(2,3)4/h8-14,16-18H,1-7H3,(H,35,38)/t44-/m1/s1. The van der Waals surface area contributed by atoms with Crippen molar-refractivity contribution in [1.29, 1.82) is 5.26 Å². The number of pyridine rings is 1. The smallest absolute Gasteiger partial charge is 0.442 e. The molecule has 12 nitrogen and oxygen atoms in total. The molecule has 0 aliphatic carbocycles. The summed E-state index contributed by atoms with van der Waals surface area (Å²) in [4.78, 5) is 30.8. The molecule has 0 saturated carbocycles. The average Bonchev–Trinajstić information content (AvgIpc) is 3.37. The first-order chi connectivity index (χ1) is 20.7. The minimum absolute atomic E-state index is 0.00832. The molecule has 0 radical (unpaired) electrons. The van der Waals surface area contributed by atoms with Gasteiger partial charge in [0.25, 0.3) is 5.91 Å². The number of carbonyl (C=O) groups is 2. The van der Waals surface area contributed by atoms with E-state index in [4.69, 9.17) is 14.2 Å². The number of nitrogens with one attached hydrogen (secondary N) is 1. The average molecular weight is 617 g/mol. The van der Waals surface area contributed by atoms with Crippen molar-refractivity contribution in [2.24, 2.45) is 11.4 Å². The Morgan fingerprint density at radius 3 is 2.50 bits per heavy atom. The van der Waals surface area contributed by atoms with Crippen molar-refractivity contribution in [1.82, 2.24) is 14.8 Å². The van der Waals surface area contributed by atoms with E-state index in [1.165, 1.54) is 25.5 Å². The molecular weight excluding hydrogens is 584 g/mol. The number of nitrogens with zero attached hydrogens (tertiary/aromatic N) is 5. The van der Waals surface area contributed by atoms with Gasteiger partial charge in [-0.2, -0.15) is 10.4 Å². The quantitative estimate of drug-likeness (QED) is 0.259. The lowest BCUT2D eigenvalue weighted by Gasteiger charge is -2.18. The number of hydrogen-bond donors (Lipinski definition) is 1. The Hall–Kier alpha value is -5.22. The van der Waals surface area contributed by atoms with Crippen molar-refractivity contribution in [3.8, 4) is 34.6 Å². The second-order valence-corrected chi connectivity index (χ2v) is 13.1. The van der Waals surface area contributed by atoms with Crippen LogP contribution >= 0.6 is 0 Å². The second kappa shape index (κ2) is 12.6. The molecular formula is C31H32N6O6S. The van der Waals surface area contributed by atoms with E-state index in [1.54, 1.807) is 88.3 Å². The van der Waals surface area contributed by atoms with Gasteiger partial charge in [-0.3, -0.25) is 9.48 Å². The Bertz CT molecular complexity index is 1910. The van der Waals surface area contributed by atoms with Gasteiger partial charge in [0, 0.05) is 53.5 Å². The van der Waals surface area contributed by atoms with Gasteiger partial charge in [-0.25, -0.2) is 14.0 Å². The summed E-state index contributed by atoms with van der Waals surface area (Å²) < 4.78 is 35.5. The fourth-order valence-corrected chi connectivity index (χ4v) is 5.28. The fourth-order valence-electron chi connectivity index (χ4n) is 4.18. The highest BCUT2D eigenvalue weighted by Crippen LogP contribution is 2.36. The van der Waals surface area contributed by atoms with Crippen LogP contribution in [-0.2, 0) is 21.5 Å². The summed E-state index contributed by atoms with van der Waals surface area (Å²) in [6.07, 6.45) is 5.41. The number of aromatic nitrogens is 3. The first kappa shape index (κ1) is 31.7. The van der Waals surface area contributed by atoms with E-state index in [9.17, 15) is 19.1 Å². The molecule has 1 atom stereocenters. The summed E-state index contributed by atoms with van der Waals surface area (Å²) in [7, 11) is 0.0199. The molecule has 13 heteroatoms. The highest BCUT2D eigenvalue weighted by atomic mass is 32.2. The molecule has 4 aromatic rings. The summed E-state index contributed by atoms with van der Waals surface area (Å²) in [6.45, 7) is 6.81. The number of anilines is 1. The Labute approximate surface area is 255 Å². The number of hydrogen-bond acceptors (Lipinski definition) is 9. The molecule has 0 spiro atoms. The van der Waals surface area contributed by atoms with Crippen LogP contribution in [0.5, 0.6) is 17.4 Å². The monoisotopic (exact) mass is 616 g/mol. The molecule has 4 rings (SSSR count). The van der Waals surface area contributed by atoms with Gasteiger partial charge < -0.3 is 19.5 Å². The van der Waals surface area contributed by atoms with Gasteiger partial charge in [0.1, 0.15) is 11.2 Å². The Kier molecular flexibility index (Phi) is 9.05. The van der Waals surface area contributed by atoms with Gasteiger partial charge in [0.15, 0.2) is 11.5 Å². The topological polar surface area (TPSA) is 158 Å². The van der Waals surface area contributed by atoms with Crippen LogP contribution in [0.4, 0.5) is 10.5 Å². The number of carbonyl (C=O) groups excluding carboxylic acids is 2. The van der Waals surface area contributed by atoms with Gasteiger partial charge in [-0.05, 0) is 63.6 Å². The van der Waals surface area contributed by atoms with Crippen LogP contribution in [0.3, 0.4) is 0 Å². The molecule has 228 valence electrons. The molecule has 2 heterocycles. The third kappa shape index (κ3) is 7.40. The summed E-state index contributed by atoms with van der Waals surface area (Å²) in [5.74, 6) is -0.0402. The normalized spacial score (nSPS) is 12.4. The van der Waals surface area contributed by atoms with E-state index < -0.39 is 27.3 Å². The van der Waals surface area contributed by atoms with Crippen molar-refractivity contribution in [2.75, 3.05) is 18.7 Å². The maximum absolute atomic E-state index is 13.9. The number of benzene rings is 2. The maximum atomic E-state index is 13.9. The second-order valence-electron chi connectivity index (χ2n) is 10.8. The summed E-state index contributed by atoms with van der Waals surface area (Å²) in [5.41, 5.74) is 1.95. The minimum Gasteiger partial charge on any atom is -0.493 e. The van der Waals surface area contributed by atoms with E-state index in [-0.39, 0.29) is 27.8 Å². The largest absolute Gasteiger partial charge is 0.493 e. The van der Waals surface area contributed by atoms with Crippen LogP contribution in [-0.4, -0.2) is 49.9 Å². The summed E-state index contributed by atoms with van der Waals surface area (Å²) in [5, 5.41) is 16.3. The van der Waals surface area contributed by atoms with E-state index in [1.807, 2.05) is 6.07 Å². The maximum Gasteiger partial charge on any atom is 0.442 e. The number of amides is 2. The minimum atomic E-state index is -3.20. The molecule has 0 bridgehead atoms. The van der Waals surface area contributed by atoms with Crippen LogP contribution in [0.15, 0.2) is 70.3 Å². The molecule has 0 saturated heterocycles. The fraction of sp³-hybridized carbons (Fsp3) is 0.258. The Morgan fingerprint density at radius 1 is 1.11 bits per heavy atom. The predicted molar refractivity (Wildman–Crippen MR) is 164 cm³/mol. The van der Waals surface area contributed by atoms with E-state index in [2.05, 4.69) is 19.8 Å². The molecule has 2 aromatic heterocycles. The van der Waals surface area contributed by atoms with E-state index >= 15 is 0 Å². The number of nitriles is 1. The summed E-state index contributed by atoms with van der Waals surface area (Å²) in [6, 6.07) is 12.9. The number of aryl methyl sites for hydroxylation is 1. The molecule has 44 heavy (non-hydrogen) atoms. The summed E-state index contributed by atoms with van der Waals surface area (Å²) >= 11 is 0. The lowest BCUT2D eigenvalue weighted by Crippen LogP contribution is -2.22. The lowest BCUT2D eigenvalue weighted by atomic mass is 10.0. The SMILES string of the molecule is COc1cc(C#N)ccc1Oc1ncc(-c2cnn(C)c2)c(C)c1C(=O)Nc1cccc([S@@](C)(=O)=NC(=O)OC(C)(C)C)c1. The van der Waals surface area contributed by atoms with Crippen LogP contribution < -0.4 is 14.8 Å². The first-order valence-electron chi connectivity index (χ1n) is 13.3. The van der Waals surface area contributed by atoms with E-state index in [0.29, 0.717) is 22.4 Å². The van der Waals surface area contributed by atoms with Gasteiger partial charge in [0.2, 0.25) is 5.88 Å². The van der Waals surface area contributed by atoms with Crippen LogP contribution in [0.2, 0.25) is 0 Å². The third-order valence-corrected chi connectivity index (χ3v) is 7.84. The highest BCUT2D eigenvalue weighted by Gasteiger charge is 2.24. The van der Waals surface area contributed by atoms with Gasteiger partial charge in [0.05, 0.1) is 34.7 Å². The molecule has 0 unspecified atom stereocenters. The third-order valence-electron chi connectivity index (χ3n) is 6.22. The van der Waals surface area contributed by atoms with Gasteiger partial charge >= 0.3 is 6.09 Å². The van der Waals surface area contributed by atoms with Crippen LogP contribution in [0.1, 0.15) is 42.3 Å². The lowest BCUT2D eigenvalue weighted by molar-refractivity contribution is 0.0607. The zero-order chi connectivity index (χ0) is 32.2. The zero-order valence-electron chi connectivity index (χ0n) is 25.4. The van der Waals surface area contributed by atoms with Crippen LogP contribution in [0.25, 0.3) is 11.1 Å². The van der Waals surface area contributed by atoms with Crippen LogP contribution in [0, 0.1) is 18.3 Å². The van der Waals surface area contributed by atoms with E-state index in [0.717, 1.165) is 5.56 Å². The molecule has 0 fully saturated rings. The van der Waals surface area contributed by atoms with Crippen molar-refractivity contribution >= 4 is 27.4 Å². The van der Waals surface area contributed by atoms with Crippen molar-refractivity contribution in [2.45, 2.75) is 38.2 Å².